The second-order valence-corrected chi connectivity index (χ2v) is 6.92. The van der Waals surface area contributed by atoms with Gasteiger partial charge in [0.05, 0.1) is 18.0 Å². The SMILES string of the molecule is COCc1[nH]n2c(=O)cc(CCc3c(C)n[nH]c3C)nc2c1-c1ccccc1. The number of hydrogen-bond acceptors (Lipinski definition) is 4. The van der Waals surface area contributed by atoms with Crippen LogP contribution in [0.15, 0.2) is 41.2 Å². The number of benzene rings is 1. The van der Waals surface area contributed by atoms with Gasteiger partial charge in [0.1, 0.15) is 0 Å². The highest BCUT2D eigenvalue weighted by molar-refractivity contribution is 5.79. The second-order valence-electron chi connectivity index (χ2n) is 6.92. The molecule has 0 bridgehead atoms. The standard InChI is InChI=1S/C21H23N5O2/c1-13-17(14(2)24-23-13)10-9-16-11-19(27)26-21(22-16)20(18(25-26)12-28-3)15-7-5-4-6-8-15/h4-8,11,25H,9-10,12H2,1-3H3,(H,23,24). The van der Waals surface area contributed by atoms with Gasteiger partial charge in [-0.15, -0.1) is 0 Å². The first-order chi connectivity index (χ1) is 13.6. The van der Waals surface area contributed by atoms with E-state index in [2.05, 4.69) is 15.3 Å². The molecule has 0 aliphatic heterocycles. The Morgan fingerprint density at radius 2 is 1.93 bits per heavy atom. The smallest absolute Gasteiger partial charge is 0.272 e. The highest BCUT2D eigenvalue weighted by atomic mass is 16.5. The van der Waals surface area contributed by atoms with Crippen LogP contribution < -0.4 is 5.56 Å². The first-order valence-electron chi connectivity index (χ1n) is 9.26. The minimum Gasteiger partial charge on any atom is -0.378 e. The zero-order valence-electron chi connectivity index (χ0n) is 16.2. The van der Waals surface area contributed by atoms with Gasteiger partial charge in [-0.2, -0.15) is 5.10 Å². The molecule has 3 heterocycles. The molecule has 0 radical (unpaired) electrons. The van der Waals surface area contributed by atoms with Gasteiger partial charge in [0.15, 0.2) is 5.65 Å². The van der Waals surface area contributed by atoms with Crippen LogP contribution in [0.2, 0.25) is 0 Å². The molecule has 4 rings (SSSR count). The lowest BCUT2D eigenvalue weighted by atomic mass is 10.1. The van der Waals surface area contributed by atoms with Crippen molar-refractivity contribution in [3.8, 4) is 11.1 Å². The number of aryl methyl sites for hydroxylation is 3. The van der Waals surface area contributed by atoms with Crippen LogP contribution in [0.5, 0.6) is 0 Å². The molecule has 144 valence electrons. The van der Waals surface area contributed by atoms with Gasteiger partial charge in [-0.25, -0.2) is 9.50 Å². The summed E-state index contributed by atoms with van der Waals surface area (Å²) in [6, 6.07) is 11.5. The van der Waals surface area contributed by atoms with Gasteiger partial charge in [0.25, 0.3) is 5.56 Å². The molecule has 3 aromatic heterocycles. The zero-order chi connectivity index (χ0) is 19.7. The number of H-pyrrole nitrogens is 2. The summed E-state index contributed by atoms with van der Waals surface area (Å²) in [5.74, 6) is 0. The number of rotatable bonds is 6. The first kappa shape index (κ1) is 18.2. The predicted octanol–water partition coefficient (Wildman–Crippen LogP) is 2.96. The molecule has 7 nitrogen and oxygen atoms in total. The fraction of sp³-hybridized carbons (Fsp3) is 0.286. The van der Waals surface area contributed by atoms with Crippen molar-refractivity contribution in [2.24, 2.45) is 0 Å². The highest BCUT2D eigenvalue weighted by Gasteiger charge is 2.17. The Labute approximate surface area is 162 Å². The summed E-state index contributed by atoms with van der Waals surface area (Å²) in [5, 5.41) is 10.4. The van der Waals surface area contributed by atoms with Crippen molar-refractivity contribution < 1.29 is 4.74 Å². The Bertz CT molecular complexity index is 1150. The minimum atomic E-state index is -0.125. The van der Waals surface area contributed by atoms with Gasteiger partial charge in [0, 0.05) is 30.1 Å². The lowest BCUT2D eigenvalue weighted by Gasteiger charge is -2.05. The van der Waals surface area contributed by atoms with Crippen LogP contribution in [0.25, 0.3) is 16.8 Å². The monoisotopic (exact) mass is 377 g/mol. The van der Waals surface area contributed by atoms with Crippen LogP contribution in [0.4, 0.5) is 0 Å². The van der Waals surface area contributed by atoms with Crippen LogP contribution in [-0.4, -0.2) is 31.9 Å². The molecular weight excluding hydrogens is 354 g/mol. The molecule has 0 aliphatic rings. The van der Waals surface area contributed by atoms with Gasteiger partial charge in [-0.05, 0) is 37.8 Å². The third kappa shape index (κ3) is 3.25. The van der Waals surface area contributed by atoms with E-state index >= 15 is 0 Å². The number of hydrogen-bond donors (Lipinski definition) is 2. The number of methoxy groups -OCH3 is 1. The molecule has 0 saturated carbocycles. The fourth-order valence-electron chi connectivity index (χ4n) is 3.61. The van der Waals surface area contributed by atoms with Gasteiger partial charge >= 0.3 is 0 Å². The van der Waals surface area contributed by atoms with Gasteiger partial charge in [-0.1, -0.05) is 30.3 Å². The van der Waals surface area contributed by atoms with Crippen LogP contribution in [-0.2, 0) is 24.2 Å². The molecule has 2 N–H and O–H groups in total. The summed E-state index contributed by atoms with van der Waals surface area (Å²) in [6.07, 6.45) is 1.46. The number of aromatic amines is 2. The van der Waals surface area contributed by atoms with Gasteiger partial charge < -0.3 is 4.74 Å². The molecule has 0 atom stereocenters. The van der Waals surface area contributed by atoms with Crippen LogP contribution in [0, 0.1) is 13.8 Å². The summed E-state index contributed by atoms with van der Waals surface area (Å²) in [4.78, 5) is 17.5. The van der Waals surface area contributed by atoms with E-state index in [0.717, 1.165) is 40.3 Å². The fourth-order valence-corrected chi connectivity index (χ4v) is 3.61. The second kappa shape index (κ2) is 7.44. The van der Waals surface area contributed by atoms with Crippen molar-refractivity contribution >= 4 is 5.65 Å². The van der Waals surface area contributed by atoms with Crippen LogP contribution in [0.3, 0.4) is 0 Å². The van der Waals surface area contributed by atoms with Crippen LogP contribution >= 0.6 is 0 Å². The molecule has 1 aromatic carbocycles. The van der Waals surface area contributed by atoms with Crippen molar-refractivity contribution in [2.75, 3.05) is 7.11 Å². The Hall–Kier alpha value is -3.19. The third-order valence-corrected chi connectivity index (χ3v) is 5.01. The Balaban J connectivity index is 1.79. The van der Waals surface area contributed by atoms with Gasteiger partial charge in [-0.3, -0.25) is 15.0 Å². The summed E-state index contributed by atoms with van der Waals surface area (Å²) < 4.78 is 6.82. The Morgan fingerprint density at radius 1 is 1.14 bits per heavy atom. The number of ether oxygens (including phenoxy) is 1. The summed E-state index contributed by atoms with van der Waals surface area (Å²) in [6.45, 7) is 4.37. The zero-order valence-corrected chi connectivity index (χ0v) is 16.2. The summed E-state index contributed by atoms with van der Waals surface area (Å²) in [5.41, 5.74) is 7.23. The van der Waals surface area contributed by atoms with Crippen LogP contribution in [0.1, 0.15) is 28.3 Å². The molecule has 0 spiro atoms. The van der Waals surface area contributed by atoms with E-state index in [1.807, 2.05) is 44.2 Å². The maximum Gasteiger partial charge on any atom is 0.272 e. The minimum absolute atomic E-state index is 0.125. The van der Waals surface area contributed by atoms with E-state index in [1.165, 1.54) is 10.1 Å². The van der Waals surface area contributed by atoms with Gasteiger partial charge in [0.2, 0.25) is 0 Å². The average molecular weight is 377 g/mol. The average Bonchev–Trinajstić information content (AvgIpc) is 3.21. The van der Waals surface area contributed by atoms with E-state index < -0.39 is 0 Å². The molecule has 0 amide bonds. The Kier molecular flexibility index (Phi) is 4.83. The van der Waals surface area contributed by atoms with E-state index in [4.69, 9.17) is 9.72 Å². The van der Waals surface area contributed by atoms with E-state index in [9.17, 15) is 4.79 Å². The van der Waals surface area contributed by atoms with Crippen molar-refractivity contribution in [3.05, 3.63) is 75.1 Å². The highest BCUT2D eigenvalue weighted by Crippen LogP contribution is 2.27. The largest absolute Gasteiger partial charge is 0.378 e. The molecule has 28 heavy (non-hydrogen) atoms. The van der Waals surface area contributed by atoms with E-state index in [1.54, 1.807) is 13.2 Å². The number of aromatic nitrogens is 5. The molecular formula is C21H23N5O2. The number of nitrogens with zero attached hydrogens (tertiary/aromatic N) is 3. The molecule has 0 saturated heterocycles. The molecule has 0 fully saturated rings. The first-order valence-corrected chi connectivity index (χ1v) is 9.26. The topological polar surface area (TPSA) is 88.1 Å². The molecule has 7 heteroatoms. The van der Waals surface area contributed by atoms with E-state index in [0.29, 0.717) is 18.7 Å². The number of fused-ring (bicyclic) bond motifs is 1. The summed E-state index contributed by atoms with van der Waals surface area (Å²) in [7, 11) is 1.64. The molecule has 0 aliphatic carbocycles. The molecule has 4 aromatic rings. The molecule has 0 unspecified atom stereocenters. The van der Waals surface area contributed by atoms with Crippen molar-refractivity contribution in [1.29, 1.82) is 0 Å². The maximum absolute atomic E-state index is 12.7. The normalized spacial score (nSPS) is 11.4. The lowest BCUT2D eigenvalue weighted by molar-refractivity contribution is 0.181. The quantitative estimate of drug-likeness (QED) is 0.541. The summed E-state index contributed by atoms with van der Waals surface area (Å²) >= 11 is 0. The van der Waals surface area contributed by atoms with Crippen molar-refractivity contribution in [3.63, 3.8) is 0 Å². The third-order valence-electron chi connectivity index (χ3n) is 5.01. The Morgan fingerprint density at radius 3 is 2.61 bits per heavy atom. The maximum atomic E-state index is 12.7. The number of nitrogens with one attached hydrogen (secondary N) is 2. The van der Waals surface area contributed by atoms with E-state index in [-0.39, 0.29) is 5.56 Å². The van der Waals surface area contributed by atoms with Crippen molar-refractivity contribution in [2.45, 2.75) is 33.3 Å². The van der Waals surface area contributed by atoms with Crippen molar-refractivity contribution in [1.82, 2.24) is 24.8 Å². The predicted molar refractivity (Wildman–Crippen MR) is 107 cm³/mol. The lowest BCUT2D eigenvalue weighted by Crippen LogP contribution is -2.16.